The van der Waals surface area contributed by atoms with Crippen molar-refractivity contribution in [2.24, 2.45) is 5.73 Å². The smallest absolute Gasteiger partial charge is 0.326 e. The molecule has 0 heterocycles. The second-order valence-electron chi connectivity index (χ2n) is 2.69. The highest BCUT2D eigenvalue weighted by atomic mass is 16.5. The Hall–Kier alpha value is -1.09. The van der Waals surface area contributed by atoms with E-state index < -0.39 is 6.04 Å². The average Bonchev–Trinajstić information content (AvgIpc) is 2.17. The highest BCUT2D eigenvalue weighted by Crippen LogP contribution is 2.14. The summed E-state index contributed by atoms with van der Waals surface area (Å²) in [4.78, 5) is 11.0. The van der Waals surface area contributed by atoms with Crippen molar-refractivity contribution >= 4 is 5.97 Å². The Balaban J connectivity index is 2.57. The normalized spacial score (nSPS) is 18.3. The lowest BCUT2D eigenvalue weighted by Gasteiger charge is -2.14. The Kier molecular flexibility index (Phi) is 3.05. The van der Waals surface area contributed by atoms with Crippen molar-refractivity contribution in [2.75, 3.05) is 7.11 Å². The summed E-state index contributed by atoms with van der Waals surface area (Å²) in [6.45, 7) is 0. The summed E-state index contributed by atoms with van der Waals surface area (Å²) >= 11 is 0. The minimum Gasteiger partial charge on any atom is -0.468 e. The van der Waals surface area contributed by atoms with Crippen molar-refractivity contribution in [2.45, 2.75) is 18.9 Å². The monoisotopic (exact) mass is 167 g/mol. The molecule has 12 heavy (non-hydrogen) atoms. The number of nitrogens with two attached hydrogens (primary N) is 1. The molecule has 0 amide bonds. The van der Waals surface area contributed by atoms with Crippen molar-refractivity contribution < 1.29 is 9.53 Å². The Bertz CT molecular complexity index is 231. The lowest BCUT2D eigenvalue weighted by molar-refractivity contribution is -0.141. The number of hydrogen-bond donors (Lipinski definition) is 1. The predicted octanol–water partition coefficient (Wildman–Crippen LogP) is 0.763. The summed E-state index contributed by atoms with van der Waals surface area (Å²) in [5.74, 6) is -0.364. The lowest BCUT2D eigenvalue weighted by Crippen LogP contribution is -2.33. The molecule has 3 heteroatoms. The molecular weight excluding hydrogens is 154 g/mol. The quantitative estimate of drug-likeness (QED) is 0.488. The molecule has 0 aliphatic heterocycles. The van der Waals surface area contributed by atoms with Crippen molar-refractivity contribution in [3.8, 4) is 0 Å². The average molecular weight is 167 g/mol. The molecule has 3 nitrogen and oxygen atoms in total. The third-order valence-corrected chi connectivity index (χ3v) is 1.89. The topological polar surface area (TPSA) is 52.3 Å². The predicted molar refractivity (Wildman–Crippen MR) is 46.4 cm³/mol. The van der Waals surface area contributed by atoms with Gasteiger partial charge in [-0.15, -0.1) is 0 Å². The molecule has 0 radical (unpaired) electrons. The van der Waals surface area contributed by atoms with Crippen LogP contribution in [0.4, 0.5) is 0 Å². The molecule has 1 unspecified atom stereocenters. The minimum atomic E-state index is -0.583. The second-order valence-corrected chi connectivity index (χ2v) is 2.69. The van der Waals surface area contributed by atoms with Crippen LogP contribution in [0, 0.1) is 0 Å². The van der Waals surface area contributed by atoms with Gasteiger partial charge >= 0.3 is 5.97 Å². The van der Waals surface area contributed by atoms with E-state index in [9.17, 15) is 4.79 Å². The van der Waals surface area contributed by atoms with E-state index >= 15 is 0 Å². The van der Waals surface area contributed by atoms with Gasteiger partial charge in [0.15, 0.2) is 0 Å². The van der Waals surface area contributed by atoms with Crippen molar-refractivity contribution in [1.82, 2.24) is 0 Å². The summed E-state index contributed by atoms with van der Waals surface area (Å²) in [7, 11) is 1.35. The first kappa shape index (κ1) is 9.00. The van der Waals surface area contributed by atoms with Gasteiger partial charge < -0.3 is 10.5 Å². The fourth-order valence-corrected chi connectivity index (χ4v) is 1.15. The van der Waals surface area contributed by atoms with E-state index in [1.807, 2.05) is 18.2 Å². The number of carbonyl (C=O) groups is 1. The number of allylic oxidation sites excluding steroid dienone is 3. The van der Waals surface area contributed by atoms with Crippen molar-refractivity contribution in [3.63, 3.8) is 0 Å². The van der Waals surface area contributed by atoms with Crippen LogP contribution in [0.2, 0.25) is 0 Å². The molecule has 0 aromatic rings. The van der Waals surface area contributed by atoms with E-state index in [2.05, 4.69) is 4.74 Å². The van der Waals surface area contributed by atoms with Gasteiger partial charge in [0.1, 0.15) is 6.04 Å². The van der Waals surface area contributed by atoms with E-state index in [-0.39, 0.29) is 5.97 Å². The fourth-order valence-electron chi connectivity index (χ4n) is 1.15. The molecule has 0 spiro atoms. The molecule has 1 rings (SSSR count). The molecule has 1 atom stereocenters. The van der Waals surface area contributed by atoms with Crippen LogP contribution in [0.25, 0.3) is 0 Å². The van der Waals surface area contributed by atoms with Gasteiger partial charge in [0, 0.05) is 0 Å². The summed E-state index contributed by atoms with van der Waals surface area (Å²) in [5, 5.41) is 0. The maximum atomic E-state index is 11.0. The van der Waals surface area contributed by atoms with E-state index in [0.29, 0.717) is 0 Å². The summed E-state index contributed by atoms with van der Waals surface area (Å²) < 4.78 is 4.54. The van der Waals surface area contributed by atoms with Gasteiger partial charge in [-0.1, -0.05) is 18.2 Å². The van der Waals surface area contributed by atoms with Crippen LogP contribution in [0.5, 0.6) is 0 Å². The van der Waals surface area contributed by atoms with Crippen molar-refractivity contribution in [1.29, 1.82) is 0 Å². The highest BCUT2D eigenvalue weighted by Gasteiger charge is 2.18. The number of methoxy groups -OCH3 is 1. The molecule has 0 aromatic carbocycles. The van der Waals surface area contributed by atoms with Gasteiger partial charge in [-0.3, -0.25) is 4.79 Å². The first-order valence-corrected chi connectivity index (χ1v) is 3.93. The van der Waals surface area contributed by atoms with Gasteiger partial charge in [0.2, 0.25) is 0 Å². The molecule has 0 bridgehead atoms. The van der Waals surface area contributed by atoms with Crippen LogP contribution in [0.15, 0.2) is 23.8 Å². The van der Waals surface area contributed by atoms with Crippen LogP contribution in [0.1, 0.15) is 12.8 Å². The number of ether oxygens (including phenoxy) is 1. The van der Waals surface area contributed by atoms with Gasteiger partial charge in [-0.2, -0.15) is 0 Å². The van der Waals surface area contributed by atoms with Crippen LogP contribution < -0.4 is 5.73 Å². The second kappa shape index (κ2) is 4.07. The first-order chi connectivity index (χ1) is 5.75. The van der Waals surface area contributed by atoms with E-state index in [1.165, 1.54) is 7.11 Å². The van der Waals surface area contributed by atoms with E-state index in [1.54, 1.807) is 0 Å². The van der Waals surface area contributed by atoms with Gasteiger partial charge in [0.05, 0.1) is 7.11 Å². The molecule has 1 aliphatic rings. The van der Waals surface area contributed by atoms with Crippen LogP contribution >= 0.6 is 0 Å². The van der Waals surface area contributed by atoms with Gasteiger partial charge in [-0.25, -0.2) is 0 Å². The highest BCUT2D eigenvalue weighted by molar-refractivity contribution is 5.79. The number of esters is 1. The molecular formula is C9H13NO2. The van der Waals surface area contributed by atoms with Crippen molar-refractivity contribution in [3.05, 3.63) is 23.8 Å². The third kappa shape index (κ3) is 1.95. The molecule has 1 aliphatic carbocycles. The Morgan fingerprint density at radius 1 is 1.67 bits per heavy atom. The maximum Gasteiger partial charge on any atom is 0.326 e. The molecule has 66 valence electrons. The molecule has 0 fully saturated rings. The maximum absolute atomic E-state index is 11.0. The van der Waals surface area contributed by atoms with Gasteiger partial charge in [-0.05, 0) is 18.4 Å². The zero-order valence-corrected chi connectivity index (χ0v) is 7.12. The fraction of sp³-hybridized carbons (Fsp3) is 0.444. The number of rotatable bonds is 2. The van der Waals surface area contributed by atoms with E-state index in [0.717, 1.165) is 18.4 Å². The molecule has 0 saturated carbocycles. The van der Waals surface area contributed by atoms with Crippen LogP contribution in [-0.4, -0.2) is 19.1 Å². The standard InChI is InChI=1S/C9H13NO2/c1-12-9(11)8(10)7-5-3-2-4-6-7/h2-3,6,8H,4-5,10H2,1H3. The minimum absolute atomic E-state index is 0.364. The molecule has 0 aromatic heterocycles. The van der Waals surface area contributed by atoms with Crippen LogP contribution in [0.3, 0.4) is 0 Å². The van der Waals surface area contributed by atoms with Gasteiger partial charge in [0.25, 0.3) is 0 Å². The lowest BCUT2D eigenvalue weighted by atomic mass is 9.99. The third-order valence-electron chi connectivity index (χ3n) is 1.89. The zero-order chi connectivity index (χ0) is 8.97. The SMILES string of the molecule is COC(=O)C(N)C1=CCC=CC1. The molecule has 0 saturated heterocycles. The zero-order valence-electron chi connectivity index (χ0n) is 7.12. The molecule has 2 N–H and O–H groups in total. The summed E-state index contributed by atoms with van der Waals surface area (Å²) in [6.07, 6.45) is 7.66. The Morgan fingerprint density at radius 2 is 2.42 bits per heavy atom. The summed E-state index contributed by atoms with van der Waals surface area (Å²) in [6, 6.07) is -0.583. The Labute approximate surface area is 71.9 Å². The summed E-state index contributed by atoms with van der Waals surface area (Å²) in [5.41, 5.74) is 6.57. The van der Waals surface area contributed by atoms with E-state index in [4.69, 9.17) is 5.73 Å². The van der Waals surface area contributed by atoms with Crippen LogP contribution in [-0.2, 0) is 9.53 Å². The number of hydrogen-bond acceptors (Lipinski definition) is 3. The largest absolute Gasteiger partial charge is 0.468 e. The Morgan fingerprint density at radius 3 is 2.92 bits per heavy atom. The number of carbonyl (C=O) groups excluding carboxylic acids is 1. The first-order valence-electron chi connectivity index (χ1n) is 3.93.